The molecule has 1 fully saturated rings. The summed E-state index contributed by atoms with van der Waals surface area (Å²) in [5.41, 5.74) is 0. The first-order valence-corrected chi connectivity index (χ1v) is 8.01. The highest BCUT2D eigenvalue weighted by atomic mass is 35.5. The molecule has 1 aliphatic rings. The zero-order valence-corrected chi connectivity index (χ0v) is 12.5. The minimum Gasteiger partial charge on any atom is -0.123 e. The van der Waals surface area contributed by atoms with E-state index in [0.717, 1.165) is 6.42 Å². The molecule has 0 nitrogen and oxygen atoms in total. The van der Waals surface area contributed by atoms with E-state index in [4.69, 9.17) is 11.6 Å². The van der Waals surface area contributed by atoms with Crippen molar-refractivity contribution in [1.29, 1.82) is 0 Å². The Hall–Kier alpha value is 0.290. The van der Waals surface area contributed by atoms with Crippen LogP contribution in [-0.2, 0) is 0 Å². The number of halogens is 1. The second-order valence-electron chi connectivity index (χ2n) is 5.01. The van der Waals surface area contributed by atoms with Gasteiger partial charge in [0, 0.05) is 5.38 Å². The van der Waals surface area contributed by atoms with Crippen molar-refractivity contribution >= 4 is 11.6 Å². The van der Waals surface area contributed by atoms with Crippen LogP contribution in [-0.4, -0.2) is 5.38 Å². The van der Waals surface area contributed by atoms with Gasteiger partial charge in [0.05, 0.1) is 0 Å². The minimum absolute atomic E-state index is 0.383. The van der Waals surface area contributed by atoms with Gasteiger partial charge in [0.1, 0.15) is 0 Å². The van der Waals surface area contributed by atoms with Gasteiger partial charge in [0.15, 0.2) is 0 Å². The van der Waals surface area contributed by atoms with Gasteiger partial charge in [-0.05, 0) is 19.3 Å². The summed E-state index contributed by atoms with van der Waals surface area (Å²) in [6.45, 7) is 6.08. The Morgan fingerprint density at radius 1 is 1.06 bits per heavy atom. The number of hydrogen-bond acceptors (Lipinski definition) is 0. The monoisotopic (exact) mass is 258 g/mol. The number of hydrogen-bond donors (Lipinski definition) is 0. The summed E-state index contributed by atoms with van der Waals surface area (Å²) >= 11 is 5.76. The lowest BCUT2D eigenvalue weighted by Crippen LogP contribution is -2.04. The normalized spacial score (nSPS) is 16.4. The second-order valence-corrected chi connectivity index (χ2v) is 5.57. The Balaban J connectivity index is 0.000000318. The van der Waals surface area contributed by atoms with E-state index >= 15 is 0 Å². The lowest BCUT2D eigenvalue weighted by Gasteiger charge is -2.13. The van der Waals surface area contributed by atoms with Gasteiger partial charge < -0.3 is 0 Å². The van der Waals surface area contributed by atoms with Crippen LogP contribution in [0.25, 0.3) is 0 Å². The number of rotatable bonds is 7. The first-order chi connectivity index (χ1) is 8.31. The molecule has 0 aromatic rings. The number of unbranched alkanes of at least 4 members (excludes halogenated alkanes) is 7. The predicted molar refractivity (Wildman–Crippen MR) is 80.4 cm³/mol. The molecular formula is C16H31Cl. The van der Waals surface area contributed by atoms with E-state index in [1.165, 1.54) is 70.6 Å². The summed E-state index contributed by atoms with van der Waals surface area (Å²) in [6.07, 6.45) is 18.2. The zero-order valence-electron chi connectivity index (χ0n) is 11.7. The molecule has 1 atom stereocenters. The fraction of sp³-hybridized carbons (Fsp3) is 0.875. The quantitative estimate of drug-likeness (QED) is 0.370. The van der Waals surface area contributed by atoms with Crippen LogP contribution >= 0.6 is 11.6 Å². The molecule has 1 heteroatoms. The summed E-state index contributed by atoms with van der Waals surface area (Å²) < 4.78 is 0. The lowest BCUT2D eigenvalue weighted by atomic mass is 10.0. The fourth-order valence-corrected chi connectivity index (χ4v) is 2.31. The molecule has 2 radical (unpaired) electrons. The van der Waals surface area contributed by atoms with Gasteiger partial charge >= 0.3 is 0 Å². The standard InChI is InChI=1S/C10H21.C6H10Cl/c1-3-5-7-9-10-8-6-4-2;7-6-4-2-1-3-5-6/h1,3-10H2,2H3;4,6H,1-3,5H2. The van der Waals surface area contributed by atoms with Crippen LogP contribution in [0, 0.1) is 13.3 Å². The molecule has 17 heavy (non-hydrogen) atoms. The molecule has 1 unspecified atom stereocenters. The smallest absolute Gasteiger partial charge is 0.0367 e. The lowest BCUT2D eigenvalue weighted by molar-refractivity contribution is 0.592. The molecule has 0 heterocycles. The molecule has 0 aromatic heterocycles. The summed E-state index contributed by atoms with van der Waals surface area (Å²) in [7, 11) is 0. The van der Waals surface area contributed by atoms with Crippen LogP contribution in [0.15, 0.2) is 0 Å². The van der Waals surface area contributed by atoms with E-state index in [0.29, 0.717) is 5.38 Å². The van der Waals surface area contributed by atoms with Gasteiger partial charge in [0.2, 0.25) is 0 Å². The van der Waals surface area contributed by atoms with Crippen molar-refractivity contribution in [2.24, 2.45) is 0 Å². The predicted octanol–water partition coefficient (Wildman–Crippen LogP) is 6.33. The van der Waals surface area contributed by atoms with E-state index in [9.17, 15) is 0 Å². The van der Waals surface area contributed by atoms with Crippen LogP contribution in [0.3, 0.4) is 0 Å². The summed E-state index contributed by atoms with van der Waals surface area (Å²) in [5, 5.41) is 0.383. The molecule has 1 aliphatic carbocycles. The van der Waals surface area contributed by atoms with E-state index in [-0.39, 0.29) is 0 Å². The summed E-state index contributed by atoms with van der Waals surface area (Å²) in [5.74, 6) is 0. The Morgan fingerprint density at radius 2 is 1.71 bits per heavy atom. The van der Waals surface area contributed by atoms with Crippen molar-refractivity contribution in [2.75, 3.05) is 0 Å². The molecule has 102 valence electrons. The van der Waals surface area contributed by atoms with Crippen LogP contribution in [0.1, 0.15) is 84.0 Å². The molecular weight excluding hydrogens is 228 g/mol. The van der Waals surface area contributed by atoms with Crippen LogP contribution in [0.4, 0.5) is 0 Å². The summed E-state index contributed by atoms with van der Waals surface area (Å²) in [4.78, 5) is 0. The highest BCUT2D eigenvalue weighted by molar-refractivity contribution is 6.21. The molecule has 0 N–H and O–H groups in total. The molecule has 1 saturated carbocycles. The molecule has 0 spiro atoms. The third kappa shape index (κ3) is 14.2. The first-order valence-electron chi connectivity index (χ1n) is 7.58. The van der Waals surface area contributed by atoms with Crippen molar-refractivity contribution in [3.05, 3.63) is 13.3 Å². The van der Waals surface area contributed by atoms with E-state index in [1.807, 2.05) is 0 Å². The molecule has 1 rings (SSSR count). The van der Waals surface area contributed by atoms with Gasteiger partial charge in [-0.3, -0.25) is 0 Å². The van der Waals surface area contributed by atoms with Crippen LogP contribution < -0.4 is 0 Å². The van der Waals surface area contributed by atoms with E-state index < -0.39 is 0 Å². The summed E-state index contributed by atoms with van der Waals surface area (Å²) in [6, 6.07) is 0. The van der Waals surface area contributed by atoms with Gasteiger partial charge in [-0.2, -0.15) is 0 Å². The molecule has 0 saturated heterocycles. The third-order valence-electron chi connectivity index (χ3n) is 3.21. The maximum absolute atomic E-state index is 5.76. The highest BCUT2D eigenvalue weighted by Gasteiger charge is 2.08. The molecule has 0 aromatic carbocycles. The maximum Gasteiger partial charge on any atom is 0.0367 e. The maximum atomic E-state index is 5.76. The second kappa shape index (κ2) is 14.4. The van der Waals surface area contributed by atoms with Gasteiger partial charge in [-0.1, -0.05) is 78.1 Å². The molecule has 0 aliphatic heterocycles. The van der Waals surface area contributed by atoms with Crippen molar-refractivity contribution in [3.8, 4) is 0 Å². The average Bonchev–Trinajstić information content (AvgIpc) is 2.35. The van der Waals surface area contributed by atoms with Crippen molar-refractivity contribution in [3.63, 3.8) is 0 Å². The van der Waals surface area contributed by atoms with Gasteiger partial charge in [-0.15, -0.1) is 11.6 Å². The average molecular weight is 259 g/mol. The van der Waals surface area contributed by atoms with Crippen molar-refractivity contribution in [2.45, 2.75) is 89.4 Å². The Labute approximate surface area is 115 Å². The van der Waals surface area contributed by atoms with Gasteiger partial charge in [-0.25, -0.2) is 0 Å². The van der Waals surface area contributed by atoms with Gasteiger partial charge in [0.25, 0.3) is 0 Å². The topological polar surface area (TPSA) is 0 Å². The van der Waals surface area contributed by atoms with Crippen LogP contribution in [0.5, 0.6) is 0 Å². The first kappa shape index (κ1) is 17.3. The van der Waals surface area contributed by atoms with Crippen molar-refractivity contribution < 1.29 is 0 Å². The Morgan fingerprint density at radius 3 is 2.12 bits per heavy atom. The van der Waals surface area contributed by atoms with E-state index in [1.54, 1.807) is 0 Å². The molecule has 0 bridgehead atoms. The van der Waals surface area contributed by atoms with E-state index in [2.05, 4.69) is 20.3 Å². The fourth-order valence-electron chi connectivity index (χ4n) is 2.03. The Kier molecular flexibility index (Phi) is 14.6. The Bertz CT molecular complexity index is 119. The highest BCUT2D eigenvalue weighted by Crippen LogP contribution is 2.20. The largest absolute Gasteiger partial charge is 0.123 e. The minimum atomic E-state index is 0.383. The SMILES string of the molecule is ClC1[CH]CCCC1.[CH2]CCCCCCCCC. The van der Waals surface area contributed by atoms with Crippen LogP contribution in [0.2, 0.25) is 0 Å². The van der Waals surface area contributed by atoms with Crippen molar-refractivity contribution in [1.82, 2.24) is 0 Å². The number of alkyl halides is 1. The zero-order chi connectivity index (χ0) is 12.8. The third-order valence-corrected chi connectivity index (χ3v) is 3.61. The molecule has 0 amide bonds.